The quantitative estimate of drug-likeness (QED) is 0.602. The summed E-state index contributed by atoms with van der Waals surface area (Å²) in [6, 6.07) is 3.54. The molecule has 1 N–H and O–H groups in total. The molecule has 5 heteroatoms. The molecule has 0 radical (unpaired) electrons. The third kappa shape index (κ3) is 1.83. The second kappa shape index (κ2) is 4.07. The van der Waals surface area contributed by atoms with Crippen molar-refractivity contribution in [3.05, 3.63) is 29.1 Å². The molecule has 0 unspecified atom stereocenters. The summed E-state index contributed by atoms with van der Waals surface area (Å²) >= 11 is 5.21. The molecule has 0 saturated carbocycles. The fourth-order valence-corrected chi connectivity index (χ4v) is 1.13. The van der Waals surface area contributed by atoms with Crippen LogP contribution in [-0.2, 0) is 0 Å². The van der Waals surface area contributed by atoms with Gasteiger partial charge in [-0.2, -0.15) is 5.26 Å². The molecule has 14 heavy (non-hydrogen) atoms. The zero-order valence-corrected chi connectivity index (χ0v) is 7.68. The van der Waals surface area contributed by atoms with Crippen molar-refractivity contribution in [2.45, 2.75) is 0 Å². The lowest BCUT2D eigenvalue weighted by Gasteiger charge is -2.03. The minimum absolute atomic E-state index is 0.0499. The molecule has 0 aromatic heterocycles. The van der Waals surface area contributed by atoms with Crippen LogP contribution in [0.3, 0.4) is 0 Å². The van der Waals surface area contributed by atoms with Crippen molar-refractivity contribution < 1.29 is 14.3 Å². The Labute approximate surface area is 84.3 Å². The normalized spacial score (nSPS) is 9.50. The largest absolute Gasteiger partial charge is 0.507 e. The number of carbonyl (C=O) groups excluding carboxylic acids is 1. The molecule has 0 aliphatic carbocycles. The van der Waals surface area contributed by atoms with Gasteiger partial charge < -0.3 is 5.11 Å². The van der Waals surface area contributed by atoms with E-state index in [0.29, 0.717) is 0 Å². The molecule has 72 valence electrons. The number of hydrogen-bond donors (Lipinski definition) is 1. The van der Waals surface area contributed by atoms with E-state index in [0.717, 1.165) is 12.1 Å². The number of phenolic OH excluding ortho intramolecular Hbond substituents is 1. The maximum atomic E-state index is 13.1. The first-order valence-corrected chi connectivity index (χ1v) is 4.15. The SMILES string of the molecule is N#Cc1cc(O)c(C(=O)CCl)c(F)c1. The Kier molecular flexibility index (Phi) is 3.05. The summed E-state index contributed by atoms with van der Waals surface area (Å²) in [5.41, 5.74) is -0.523. The number of halogens is 2. The molecule has 0 fully saturated rings. The van der Waals surface area contributed by atoms with Crippen molar-refractivity contribution in [3.63, 3.8) is 0 Å². The second-order valence-electron chi connectivity index (χ2n) is 2.52. The van der Waals surface area contributed by atoms with Gasteiger partial charge in [0.15, 0.2) is 5.78 Å². The third-order valence-corrected chi connectivity index (χ3v) is 1.84. The number of nitrogens with zero attached hydrogens (tertiary/aromatic N) is 1. The lowest BCUT2D eigenvalue weighted by Crippen LogP contribution is -2.04. The van der Waals surface area contributed by atoms with E-state index in [4.69, 9.17) is 16.9 Å². The number of phenols is 1. The number of rotatable bonds is 2. The van der Waals surface area contributed by atoms with Crippen molar-refractivity contribution >= 4 is 17.4 Å². The number of carbonyl (C=O) groups is 1. The molecule has 1 aromatic carbocycles. The summed E-state index contributed by atoms with van der Waals surface area (Å²) in [6.45, 7) is 0. The van der Waals surface area contributed by atoms with Crippen molar-refractivity contribution in [1.82, 2.24) is 0 Å². The maximum Gasteiger partial charge on any atom is 0.184 e. The second-order valence-corrected chi connectivity index (χ2v) is 2.79. The molecule has 0 saturated heterocycles. The highest BCUT2D eigenvalue weighted by molar-refractivity contribution is 6.30. The standard InChI is InChI=1S/C9H5ClFNO2/c10-3-8(14)9-6(11)1-5(4-12)2-7(9)13/h1-2,13H,3H2. The van der Waals surface area contributed by atoms with Gasteiger partial charge in [-0.25, -0.2) is 4.39 Å². The van der Waals surface area contributed by atoms with Crippen LogP contribution in [0.4, 0.5) is 4.39 Å². The Morgan fingerprint density at radius 1 is 1.64 bits per heavy atom. The van der Waals surface area contributed by atoms with Gasteiger partial charge in [-0.1, -0.05) is 0 Å². The molecule has 0 amide bonds. The fourth-order valence-electron chi connectivity index (χ4n) is 1.000. The smallest absolute Gasteiger partial charge is 0.184 e. The lowest BCUT2D eigenvalue weighted by molar-refractivity contribution is 0.101. The Balaban J connectivity index is 3.34. The summed E-state index contributed by atoms with van der Waals surface area (Å²) in [5.74, 6) is -2.64. The molecule has 0 aliphatic rings. The molecule has 0 aliphatic heterocycles. The van der Waals surface area contributed by atoms with Crippen LogP contribution in [0.25, 0.3) is 0 Å². The number of nitriles is 1. The van der Waals surface area contributed by atoms with Crippen molar-refractivity contribution in [2.75, 3.05) is 5.88 Å². The molecular formula is C9H5ClFNO2. The van der Waals surface area contributed by atoms with Crippen LogP contribution in [-0.4, -0.2) is 16.8 Å². The Bertz CT molecular complexity index is 402. The minimum atomic E-state index is -0.938. The van der Waals surface area contributed by atoms with Crippen molar-refractivity contribution in [3.8, 4) is 11.8 Å². The van der Waals surface area contributed by atoms with E-state index in [2.05, 4.69) is 0 Å². The number of ketones is 1. The Morgan fingerprint density at radius 2 is 2.29 bits per heavy atom. The average molecular weight is 214 g/mol. The van der Waals surface area contributed by atoms with Crippen molar-refractivity contribution in [2.24, 2.45) is 0 Å². The van der Waals surface area contributed by atoms with Gasteiger partial charge in [0.05, 0.1) is 23.1 Å². The summed E-state index contributed by atoms with van der Waals surface area (Å²) < 4.78 is 13.1. The van der Waals surface area contributed by atoms with Gasteiger partial charge in [-0.15, -0.1) is 11.6 Å². The van der Waals surface area contributed by atoms with Crippen LogP contribution in [0, 0.1) is 17.1 Å². The molecular weight excluding hydrogens is 209 g/mol. The predicted molar refractivity (Wildman–Crippen MR) is 47.8 cm³/mol. The number of aromatic hydroxyl groups is 1. The van der Waals surface area contributed by atoms with E-state index in [-0.39, 0.29) is 5.56 Å². The number of Topliss-reactive ketones (excluding diaryl/α,β-unsaturated/α-hetero) is 1. The lowest BCUT2D eigenvalue weighted by atomic mass is 10.1. The van der Waals surface area contributed by atoms with Crippen LogP contribution >= 0.6 is 11.6 Å². The first kappa shape index (κ1) is 10.5. The zero-order valence-electron chi connectivity index (χ0n) is 6.92. The number of benzene rings is 1. The van der Waals surface area contributed by atoms with E-state index in [1.54, 1.807) is 6.07 Å². The maximum absolute atomic E-state index is 13.1. The average Bonchev–Trinajstić information content (AvgIpc) is 2.16. The van der Waals surface area contributed by atoms with E-state index in [1.807, 2.05) is 0 Å². The monoisotopic (exact) mass is 213 g/mol. The first-order chi connectivity index (χ1) is 6.60. The zero-order chi connectivity index (χ0) is 10.7. The van der Waals surface area contributed by atoms with Gasteiger partial charge in [0.2, 0.25) is 0 Å². The van der Waals surface area contributed by atoms with Gasteiger partial charge in [0.25, 0.3) is 0 Å². The summed E-state index contributed by atoms with van der Waals surface area (Å²) in [4.78, 5) is 11.0. The van der Waals surface area contributed by atoms with E-state index in [1.165, 1.54) is 0 Å². The van der Waals surface area contributed by atoms with Crippen LogP contribution < -0.4 is 0 Å². The summed E-state index contributed by atoms with van der Waals surface area (Å²) in [5, 5.41) is 17.7. The molecule has 3 nitrogen and oxygen atoms in total. The minimum Gasteiger partial charge on any atom is -0.507 e. The highest BCUT2D eigenvalue weighted by Crippen LogP contribution is 2.23. The highest BCUT2D eigenvalue weighted by atomic mass is 35.5. The fraction of sp³-hybridized carbons (Fsp3) is 0.111. The van der Waals surface area contributed by atoms with Gasteiger partial charge in [0.1, 0.15) is 11.6 Å². The summed E-state index contributed by atoms with van der Waals surface area (Å²) in [6.07, 6.45) is 0. The predicted octanol–water partition coefficient (Wildman–Crippen LogP) is 1.82. The molecule has 0 heterocycles. The molecule has 0 bridgehead atoms. The first-order valence-electron chi connectivity index (χ1n) is 3.62. The van der Waals surface area contributed by atoms with Gasteiger partial charge in [-0.05, 0) is 12.1 Å². The van der Waals surface area contributed by atoms with E-state index in [9.17, 15) is 14.3 Å². The number of alkyl halides is 1. The number of hydrogen-bond acceptors (Lipinski definition) is 3. The van der Waals surface area contributed by atoms with Crippen LogP contribution in [0.5, 0.6) is 5.75 Å². The molecule has 1 rings (SSSR count). The Morgan fingerprint density at radius 3 is 2.71 bits per heavy atom. The van der Waals surface area contributed by atoms with Crippen LogP contribution in [0.15, 0.2) is 12.1 Å². The van der Waals surface area contributed by atoms with Crippen LogP contribution in [0.1, 0.15) is 15.9 Å². The molecule has 1 aromatic rings. The van der Waals surface area contributed by atoms with Gasteiger partial charge >= 0.3 is 0 Å². The van der Waals surface area contributed by atoms with E-state index >= 15 is 0 Å². The Hall–Kier alpha value is -1.60. The molecule has 0 spiro atoms. The van der Waals surface area contributed by atoms with Gasteiger partial charge in [-0.3, -0.25) is 4.79 Å². The van der Waals surface area contributed by atoms with Crippen LogP contribution in [0.2, 0.25) is 0 Å². The third-order valence-electron chi connectivity index (χ3n) is 1.60. The molecule has 0 atom stereocenters. The van der Waals surface area contributed by atoms with Gasteiger partial charge in [0, 0.05) is 0 Å². The summed E-state index contributed by atoms with van der Waals surface area (Å²) in [7, 11) is 0. The topological polar surface area (TPSA) is 61.1 Å². The highest BCUT2D eigenvalue weighted by Gasteiger charge is 2.16. The van der Waals surface area contributed by atoms with Crippen molar-refractivity contribution in [1.29, 1.82) is 5.26 Å². The van der Waals surface area contributed by atoms with E-state index < -0.39 is 28.8 Å².